The quantitative estimate of drug-likeness (QED) is 0.480. The van der Waals surface area contributed by atoms with Crippen molar-refractivity contribution in [2.45, 2.75) is 13.3 Å². The monoisotopic (exact) mass is 285 g/mol. The molecule has 0 fully saturated rings. The molecule has 0 unspecified atom stereocenters. The predicted octanol–water partition coefficient (Wildman–Crippen LogP) is 3.36. The van der Waals surface area contributed by atoms with Crippen LogP contribution in [-0.2, 0) is 11.2 Å². The summed E-state index contributed by atoms with van der Waals surface area (Å²) in [7, 11) is 0. The number of rotatable bonds is 5. The van der Waals surface area contributed by atoms with Gasteiger partial charge in [-0.15, -0.1) is 0 Å². The minimum absolute atomic E-state index is 0.0824. The van der Waals surface area contributed by atoms with Gasteiger partial charge in [0.25, 0.3) is 5.69 Å². The van der Waals surface area contributed by atoms with E-state index in [0.717, 1.165) is 5.56 Å². The molecular weight excluding hydrogens is 270 g/mol. The van der Waals surface area contributed by atoms with Gasteiger partial charge in [0.1, 0.15) is 0 Å². The predicted molar refractivity (Wildman–Crippen MR) is 78.3 cm³/mol. The van der Waals surface area contributed by atoms with Gasteiger partial charge in [-0.3, -0.25) is 10.1 Å². The highest BCUT2D eigenvalue weighted by Gasteiger charge is 2.13. The summed E-state index contributed by atoms with van der Waals surface area (Å²) in [6.45, 7) is 2.06. The Labute approximate surface area is 122 Å². The summed E-state index contributed by atoms with van der Waals surface area (Å²) >= 11 is 0. The Balaban J connectivity index is 2.26. The molecule has 5 heteroatoms. The first-order valence-electron chi connectivity index (χ1n) is 6.60. The lowest BCUT2D eigenvalue weighted by molar-refractivity contribution is -0.385. The fourth-order valence-corrected chi connectivity index (χ4v) is 2.08. The molecule has 0 aliphatic rings. The Kier molecular flexibility index (Phi) is 4.66. The van der Waals surface area contributed by atoms with Crippen LogP contribution in [0.1, 0.15) is 28.4 Å². The molecule has 2 aromatic rings. The number of carbonyl (C=O) groups is 1. The van der Waals surface area contributed by atoms with Crippen molar-refractivity contribution in [3.63, 3.8) is 0 Å². The maximum atomic E-state index is 11.7. The van der Waals surface area contributed by atoms with E-state index in [0.29, 0.717) is 24.2 Å². The Morgan fingerprint density at radius 1 is 1.19 bits per heavy atom. The van der Waals surface area contributed by atoms with Crippen LogP contribution < -0.4 is 0 Å². The van der Waals surface area contributed by atoms with E-state index in [-0.39, 0.29) is 11.7 Å². The van der Waals surface area contributed by atoms with E-state index in [1.807, 2.05) is 6.07 Å². The molecule has 0 spiro atoms. The van der Waals surface area contributed by atoms with Crippen LogP contribution in [0.4, 0.5) is 5.69 Å². The molecule has 0 heterocycles. The number of para-hydroxylation sites is 1. The molecule has 0 aliphatic heterocycles. The van der Waals surface area contributed by atoms with Gasteiger partial charge in [0.15, 0.2) is 0 Å². The maximum absolute atomic E-state index is 11.7. The van der Waals surface area contributed by atoms with Crippen molar-refractivity contribution in [2.75, 3.05) is 6.61 Å². The van der Waals surface area contributed by atoms with Crippen LogP contribution in [0.15, 0.2) is 48.5 Å². The fraction of sp³-hybridized carbons (Fsp3) is 0.188. The van der Waals surface area contributed by atoms with Crippen LogP contribution >= 0.6 is 0 Å². The molecular formula is C16H15NO4. The largest absolute Gasteiger partial charge is 0.462 e. The number of nitro benzene ring substituents is 1. The van der Waals surface area contributed by atoms with E-state index in [1.165, 1.54) is 6.07 Å². The number of carbonyl (C=O) groups excluding carboxylic acids is 1. The number of nitrogens with zero attached hydrogens (tertiary/aromatic N) is 1. The maximum Gasteiger partial charge on any atom is 0.338 e. The fourth-order valence-electron chi connectivity index (χ4n) is 2.08. The second kappa shape index (κ2) is 6.65. The van der Waals surface area contributed by atoms with E-state index in [9.17, 15) is 14.9 Å². The summed E-state index contributed by atoms with van der Waals surface area (Å²) in [4.78, 5) is 22.3. The molecule has 0 bridgehead atoms. The summed E-state index contributed by atoms with van der Waals surface area (Å²) in [5, 5.41) is 11.0. The molecule has 0 atom stereocenters. The molecule has 2 aromatic carbocycles. The Hall–Kier alpha value is -2.69. The molecule has 0 aliphatic carbocycles. The van der Waals surface area contributed by atoms with E-state index < -0.39 is 4.92 Å². The second-order valence-electron chi connectivity index (χ2n) is 4.48. The summed E-state index contributed by atoms with van der Waals surface area (Å²) in [5.74, 6) is -0.387. The molecule has 5 nitrogen and oxygen atoms in total. The first-order valence-corrected chi connectivity index (χ1v) is 6.60. The molecule has 0 saturated carbocycles. The van der Waals surface area contributed by atoms with Gasteiger partial charge < -0.3 is 4.74 Å². The van der Waals surface area contributed by atoms with Crippen LogP contribution in [0.2, 0.25) is 0 Å². The van der Waals surface area contributed by atoms with Gasteiger partial charge in [0.05, 0.1) is 17.1 Å². The molecule has 21 heavy (non-hydrogen) atoms. The summed E-state index contributed by atoms with van der Waals surface area (Å²) in [6.07, 6.45) is 0.393. The van der Waals surface area contributed by atoms with Crippen molar-refractivity contribution < 1.29 is 14.5 Å². The smallest absolute Gasteiger partial charge is 0.338 e. The number of hydrogen-bond acceptors (Lipinski definition) is 4. The minimum Gasteiger partial charge on any atom is -0.462 e. The molecule has 0 radical (unpaired) electrons. The van der Waals surface area contributed by atoms with Crippen LogP contribution in [0.5, 0.6) is 0 Å². The van der Waals surface area contributed by atoms with E-state index >= 15 is 0 Å². The van der Waals surface area contributed by atoms with Gasteiger partial charge in [0.2, 0.25) is 0 Å². The molecule has 2 rings (SSSR count). The van der Waals surface area contributed by atoms with Crippen molar-refractivity contribution in [1.82, 2.24) is 0 Å². The van der Waals surface area contributed by atoms with Gasteiger partial charge >= 0.3 is 5.97 Å². The Morgan fingerprint density at radius 3 is 2.67 bits per heavy atom. The number of ether oxygens (including phenoxy) is 1. The van der Waals surface area contributed by atoms with Gasteiger partial charge in [0, 0.05) is 18.1 Å². The average Bonchev–Trinajstić information content (AvgIpc) is 2.48. The first kappa shape index (κ1) is 14.7. The topological polar surface area (TPSA) is 69.4 Å². The average molecular weight is 285 g/mol. The first-order chi connectivity index (χ1) is 10.1. The number of benzene rings is 2. The van der Waals surface area contributed by atoms with E-state index in [1.54, 1.807) is 43.3 Å². The Bertz CT molecular complexity index is 667. The third kappa shape index (κ3) is 3.66. The molecule has 0 aromatic heterocycles. The van der Waals surface area contributed by atoms with Gasteiger partial charge in [-0.25, -0.2) is 4.79 Å². The highest BCUT2D eigenvalue weighted by atomic mass is 16.6. The summed E-state index contributed by atoms with van der Waals surface area (Å²) < 4.78 is 4.95. The zero-order valence-electron chi connectivity index (χ0n) is 11.6. The van der Waals surface area contributed by atoms with Crippen molar-refractivity contribution in [2.24, 2.45) is 0 Å². The van der Waals surface area contributed by atoms with E-state index in [4.69, 9.17) is 4.74 Å². The van der Waals surface area contributed by atoms with Gasteiger partial charge in [-0.1, -0.05) is 30.3 Å². The van der Waals surface area contributed by atoms with E-state index in [2.05, 4.69) is 0 Å². The lowest BCUT2D eigenvalue weighted by Crippen LogP contribution is -2.05. The zero-order chi connectivity index (χ0) is 15.2. The lowest BCUT2D eigenvalue weighted by atomic mass is 10.0. The Morgan fingerprint density at radius 2 is 1.95 bits per heavy atom. The lowest BCUT2D eigenvalue weighted by Gasteiger charge is -2.06. The zero-order valence-corrected chi connectivity index (χ0v) is 11.6. The van der Waals surface area contributed by atoms with Crippen LogP contribution in [0, 0.1) is 10.1 Å². The third-order valence-corrected chi connectivity index (χ3v) is 3.02. The van der Waals surface area contributed by atoms with Crippen molar-refractivity contribution in [3.05, 3.63) is 75.3 Å². The highest BCUT2D eigenvalue weighted by Crippen LogP contribution is 2.21. The van der Waals surface area contributed by atoms with Crippen molar-refractivity contribution in [1.29, 1.82) is 0 Å². The van der Waals surface area contributed by atoms with Crippen LogP contribution in [-0.4, -0.2) is 17.5 Å². The molecule has 0 saturated heterocycles. The SMILES string of the molecule is CCOC(=O)c1cccc(Cc2ccccc2[N+](=O)[O-])c1. The standard InChI is InChI=1S/C16H15NO4/c1-2-21-16(18)14-8-5-6-12(11-14)10-13-7-3-4-9-15(13)17(19)20/h3-9,11H,2,10H2,1H3. The highest BCUT2D eigenvalue weighted by molar-refractivity contribution is 5.89. The second-order valence-corrected chi connectivity index (χ2v) is 4.48. The van der Waals surface area contributed by atoms with Crippen molar-refractivity contribution in [3.8, 4) is 0 Å². The van der Waals surface area contributed by atoms with Gasteiger partial charge in [-0.2, -0.15) is 0 Å². The number of esters is 1. The summed E-state index contributed by atoms with van der Waals surface area (Å²) in [6, 6.07) is 13.5. The molecule has 108 valence electrons. The van der Waals surface area contributed by atoms with Crippen molar-refractivity contribution >= 4 is 11.7 Å². The van der Waals surface area contributed by atoms with Gasteiger partial charge in [-0.05, 0) is 24.6 Å². The van der Waals surface area contributed by atoms with Crippen LogP contribution in [0.3, 0.4) is 0 Å². The minimum atomic E-state index is -0.398. The number of hydrogen-bond donors (Lipinski definition) is 0. The number of nitro groups is 1. The van der Waals surface area contributed by atoms with Crippen LogP contribution in [0.25, 0.3) is 0 Å². The molecule has 0 N–H and O–H groups in total. The summed E-state index contributed by atoms with van der Waals surface area (Å²) in [5.41, 5.74) is 1.98. The molecule has 0 amide bonds. The normalized spacial score (nSPS) is 10.1. The third-order valence-electron chi connectivity index (χ3n) is 3.02.